The fraction of sp³-hybridized carbons (Fsp3) is 0.273. The van der Waals surface area contributed by atoms with Gasteiger partial charge in [-0.3, -0.25) is 4.79 Å². The molecular formula is C22H24N4O5. The highest BCUT2D eigenvalue weighted by Crippen LogP contribution is 2.27. The lowest BCUT2D eigenvalue weighted by Gasteiger charge is -2.16. The highest BCUT2D eigenvalue weighted by molar-refractivity contribution is 5.87. The van der Waals surface area contributed by atoms with Crippen molar-refractivity contribution in [2.24, 2.45) is 5.10 Å². The maximum absolute atomic E-state index is 12.6. The van der Waals surface area contributed by atoms with Gasteiger partial charge in [0.1, 0.15) is 12.1 Å². The number of rotatable bonds is 10. The molecule has 0 radical (unpaired) electrons. The van der Waals surface area contributed by atoms with E-state index in [2.05, 4.69) is 15.8 Å². The highest BCUT2D eigenvalue weighted by Gasteiger charge is 2.21. The summed E-state index contributed by atoms with van der Waals surface area (Å²) in [6, 6.07) is 15.3. The Hall–Kier alpha value is -4.06. The summed E-state index contributed by atoms with van der Waals surface area (Å²) >= 11 is 0. The van der Waals surface area contributed by atoms with E-state index in [1.165, 1.54) is 13.3 Å². The van der Waals surface area contributed by atoms with E-state index in [4.69, 9.17) is 19.5 Å². The van der Waals surface area contributed by atoms with Crippen LogP contribution in [0.3, 0.4) is 0 Å². The van der Waals surface area contributed by atoms with Crippen LogP contribution in [-0.4, -0.2) is 44.6 Å². The summed E-state index contributed by atoms with van der Waals surface area (Å²) in [5.41, 5.74) is 3.94. The SMILES string of the molecule is CCOC(=O)N[C@@H](Cc1ccccc1)C(=O)N/N=C\c1ccc(OCC#N)c(OC)c1. The first-order valence-electron chi connectivity index (χ1n) is 9.55. The Morgan fingerprint density at radius 3 is 2.65 bits per heavy atom. The van der Waals surface area contributed by atoms with Gasteiger partial charge >= 0.3 is 6.09 Å². The topological polar surface area (TPSA) is 122 Å². The molecule has 2 amide bonds. The van der Waals surface area contributed by atoms with E-state index >= 15 is 0 Å². The van der Waals surface area contributed by atoms with E-state index in [9.17, 15) is 9.59 Å². The molecule has 2 N–H and O–H groups in total. The van der Waals surface area contributed by atoms with Crippen molar-refractivity contribution >= 4 is 18.2 Å². The van der Waals surface area contributed by atoms with Gasteiger partial charge in [-0.15, -0.1) is 0 Å². The normalized spacial score (nSPS) is 11.3. The van der Waals surface area contributed by atoms with Gasteiger partial charge in [-0.25, -0.2) is 10.2 Å². The van der Waals surface area contributed by atoms with Crippen LogP contribution in [-0.2, 0) is 16.0 Å². The van der Waals surface area contributed by atoms with Crippen LogP contribution in [0.5, 0.6) is 11.5 Å². The van der Waals surface area contributed by atoms with Crippen LogP contribution in [0.1, 0.15) is 18.1 Å². The molecule has 0 heterocycles. The molecule has 0 aliphatic heterocycles. The minimum absolute atomic E-state index is 0.101. The smallest absolute Gasteiger partial charge is 0.407 e. The minimum atomic E-state index is -0.866. The molecule has 0 saturated heterocycles. The number of carbonyl (C=O) groups is 2. The van der Waals surface area contributed by atoms with E-state index in [0.717, 1.165) is 5.56 Å². The molecule has 1 atom stereocenters. The highest BCUT2D eigenvalue weighted by atomic mass is 16.5. The van der Waals surface area contributed by atoms with Crippen LogP contribution in [0.25, 0.3) is 0 Å². The van der Waals surface area contributed by atoms with E-state index < -0.39 is 18.0 Å². The van der Waals surface area contributed by atoms with Gasteiger partial charge < -0.3 is 19.5 Å². The number of hydrazone groups is 1. The number of methoxy groups -OCH3 is 1. The zero-order chi connectivity index (χ0) is 22.5. The maximum atomic E-state index is 12.6. The number of hydrogen-bond donors (Lipinski definition) is 2. The number of nitrogens with zero attached hydrogens (tertiary/aromatic N) is 2. The predicted molar refractivity (Wildman–Crippen MR) is 114 cm³/mol. The first-order chi connectivity index (χ1) is 15.1. The first kappa shape index (κ1) is 23.2. The molecule has 0 bridgehead atoms. The average Bonchev–Trinajstić information content (AvgIpc) is 2.78. The predicted octanol–water partition coefficient (Wildman–Crippen LogP) is 2.41. The summed E-state index contributed by atoms with van der Waals surface area (Å²) in [4.78, 5) is 24.4. The molecule has 0 aliphatic carbocycles. The third-order valence-electron chi connectivity index (χ3n) is 4.03. The monoisotopic (exact) mass is 424 g/mol. The van der Waals surface area contributed by atoms with Gasteiger partial charge in [0.15, 0.2) is 18.1 Å². The Morgan fingerprint density at radius 1 is 1.19 bits per heavy atom. The van der Waals surface area contributed by atoms with Crippen LogP contribution < -0.4 is 20.2 Å². The molecule has 0 saturated carbocycles. The van der Waals surface area contributed by atoms with Crippen LogP contribution in [0.2, 0.25) is 0 Å². The second kappa shape index (κ2) is 12.5. The lowest BCUT2D eigenvalue weighted by molar-refractivity contribution is -0.123. The summed E-state index contributed by atoms with van der Waals surface area (Å²) in [7, 11) is 1.48. The van der Waals surface area contributed by atoms with Crippen LogP contribution in [0.15, 0.2) is 53.6 Å². The Balaban J connectivity index is 2.05. The van der Waals surface area contributed by atoms with Gasteiger partial charge in [0.25, 0.3) is 5.91 Å². The van der Waals surface area contributed by atoms with Crippen molar-refractivity contribution in [1.29, 1.82) is 5.26 Å². The lowest BCUT2D eigenvalue weighted by atomic mass is 10.1. The average molecular weight is 424 g/mol. The fourth-order valence-corrected chi connectivity index (χ4v) is 2.62. The molecule has 2 aromatic carbocycles. The Bertz CT molecular complexity index is 941. The molecule has 0 aliphatic rings. The van der Waals surface area contributed by atoms with Gasteiger partial charge in [-0.2, -0.15) is 10.4 Å². The molecule has 31 heavy (non-hydrogen) atoms. The number of nitriles is 1. The standard InChI is InChI=1S/C22H24N4O5/c1-3-30-22(28)25-18(13-16-7-5-4-6-8-16)21(27)26-24-15-17-9-10-19(31-12-11-23)20(14-17)29-2/h4-10,14-15,18H,3,12-13H2,1-2H3,(H,25,28)(H,26,27)/b24-15-/t18-/m0/s1. The summed E-state index contributed by atoms with van der Waals surface area (Å²) in [6.07, 6.45) is 1.03. The second-order valence-corrected chi connectivity index (χ2v) is 6.20. The summed E-state index contributed by atoms with van der Waals surface area (Å²) in [5, 5.41) is 15.1. The van der Waals surface area contributed by atoms with Gasteiger partial charge in [0.2, 0.25) is 0 Å². The summed E-state index contributed by atoms with van der Waals surface area (Å²) < 4.78 is 15.4. The van der Waals surface area contributed by atoms with Gasteiger partial charge in [0.05, 0.1) is 19.9 Å². The molecule has 2 aromatic rings. The summed E-state index contributed by atoms with van der Waals surface area (Å²) in [5.74, 6) is 0.359. The molecule has 9 nitrogen and oxygen atoms in total. The van der Waals surface area contributed by atoms with Crippen LogP contribution >= 0.6 is 0 Å². The van der Waals surface area contributed by atoms with Crippen molar-refractivity contribution < 1.29 is 23.8 Å². The largest absolute Gasteiger partial charge is 0.493 e. The quantitative estimate of drug-likeness (QED) is 0.446. The third kappa shape index (κ3) is 7.70. The number of alkyl carbamates (subject to hydrolysis) is 1. The Morgan fingerprint density at radius 2 is 1.97 bits per heavy atom. The summed E-state index contributed by atoms with van der Waals surface area (Å²) in [6.45, 7) is 1.77. The molecular weight excluding hydrogens is 400 g/mol. The number of amides is 2. The van der Waals surface area contributed by atoms with Crippen molar-refractivity contribution in [3.8, 4) is 17.6 Å². The number of nitrogens with one attached hydrogen (secondary N) is 2. The molecule has 0 spiro atoms. The Kier molecular flexibility index (Phi) is 9.36. The van der Waals surface area contributed by atoms with Crippen molar-refractivity contribution in [2.45, 2.75) is 19.4 Å². The van der Waals surface area contributed by atoms with Crippen molar-refractivity contribution in [3.63, 3.8) is 0 Å². The molecule has 0 fully saturated rings. The van der Waals surface area contributed by atoms with E-state index in [0.29, 0.717) is 17.1 Å². The fourth-order valence-electron chi connectivity index (χ4n) is 2.62. The van der Waals surface area contributed by atoms with Gasteiger partial charge in [-0.05, 0) is 36.2 Å². The van der Waals surface area contributed by atoms with Crippen molar-refractivity contribution in [2.75, 3.05) is 20.3 Å². The molecule has 9 heteroatoms. The second-order valence-electron chi connectivity index (χ2n) is 6.20. The molecule has 162 valence electrons. The van der Waals surface area contributed by atoms with Crippen LogP contribution in [0, 0.1) is 11.3 Å². The van der Waals surface area contributed by atoms with Gasteiger partial charge in [-0.1, -0.05) is 30.3 Å². The molecule has 0 aromatic heterocycles. The van der Waals surface area contributed by atoms with Crippen LogP contribution in [0.4, 0.5) is 4.79 Å². The number of hydrogen-bond acceptors (Lipinski definition) is 7. The van der Waals surface area contributed by atoms with E-state index in [1.807, 2.05) is 36.4 Å². The Labute approximate surface area is 180 Å². The molecule has 2 rings (SSSR count). The zero-order valence-electron chi connectivity index (χ0n) is 17.3. The van der Waals surface area contributed by atoms with E-state index in [-0.39, 0.29) is 19.6 Å². The van der Waals surface area contributed by atoms with Crippen molar-refractivity contribution in [3.05, 3.63) is 59.7 Å². The lowest BCUT2D eigenvalue weighted by Crippen LogP contribution is -2.47. The number of ether oxygens (including phenoxy) is 3. The number of carbonyl (C=O) groups excluding carboxylic acids is 2. The van der Waals surface area contributed by atoms with Crippen molar-refractivity contribution in [1.82, 2.24) is 10.7 Å². The first-order valence-corrected chi connectivity index (χ1v) is 9.55. The van der Waals surface area contributed by atoms with E-state index in [1.54, 1.807) is 25.1 Å². The molecule has 0 unspecified atom stereocenters. The van der Waals surface area contributed by atoms with Gasteiger partial charge in [0, 0.05) is 6.42 Å². The maximum Gasteiger partial charge on any atom is 0.407 e. The number of benzene rings is 2. The third-order valence-corrected chi connectivity index (χ3v) is 4.03. The zero-order valence-corrected chi connectivity index (χ0v) is 17.3. The minimum Gasteiger partial charge on any atom is -0.493 e.